The lowest BCUT2D eigenvalue weighted by molar-refractivity contribution is -0.140. The van der Waals surface area contributed by atoms with Crippen LogP contribution in [0.25, 0.3) is 0 Å². The molecular formula is C24H31BrClN3O5. The number of ether oxygens (including phenoxy) is 1. The summed E-state index contributed by atoms with van der Waals surface area (Å²) in [6, 6.07) is 5.93. The topological polar surface area (TPSA) is 108 Å². The van der Waals surface area contributed by atoms with Crippen LogP contribution >= 0.6 is 27.5 Å². The largest absolute Gasteiger partial charge is 0.396 e. The van der Waals surface area contributed by atoms with Gasteiger partial charge in [0.25, 0.3) is 0 Å². The number of amides is 3. The molecule has 3 amide bonds. The second-order valence-corrected chi connectivity index (χ2v) is 10.9. The number of nitrogens with one attached hydrogen (secondary N) is 2. The Bertz CT molecular complexity index is 932. The van der Waals surface area contributed by atoms with Crippen LogP contribution in [0.2, 0.25) is 5.02 Å². The summed E-state index contributed by atoms with van der Waals surface area (Å²) >= 11 is 9.63. The normalized spacial score (nSPS) is 31.6. The van der Waals surface area contributed by atoms with Crippen LogP contribution in [0, 0.1) is 11.8 Å². The van der Waals surface area contributed by atoms with E-state index in [0.717, 1.165) is 12.8 Å². The van der Waals surface area contributed by atoms with E-state index in [1.807, 2.05) is 6.92 Å². The second kappa shape index (κ2) is 10.5. The fourth-order valence-corrected chi connectivity index (χ4v) is 6.72. The van der Waals surface area contributed by atoms with Crippen molar-refractivity contribution < 1.29 is 24.2 Å². The minimum absolute atomic E-state index is 0.0801. The third-order valence-electron chi connectivity index (χ3n) is 7.06. The Morgan fingerprint density at radius 1 is 1.24 bits per heavy atom. The number of aliphatic hydroxyl groups excluding tert-OH is 1. The molecule has 6 atom stereocenters. The van der Waals surface area contributed by atoms with Gasteiger partial charge in [0.1, 0.15) is 11.6 Å². The van der Waals surface area contributed by atoms with Crippen molar-refractivity contribution in [1.29, 1.82) is 0 Å². The minimum Gasteiger partial charge on any atom is -0.396 e. The van der Waals surface area contributed by atoms with Crippen LogP contribution in [-0.2, 0) is 19.1 Å². The maximum atomic E-state index is 13.7. The number of likely N-dealkylation sites (tertiary alicyclic amines) is 1. The molecule has 0 aromatic heterocycles. The highest BCUT2D eigenvalue weighted by Crippen LogP contribution is 2.60. The molecule has 186 valence electrons. The maximum Gasteiger partial charge on any atom is 0.250 e. The molecule has 8 nitrogen and oxygen atoms in total. The van der Waals surface area contributed by atoms with Crippen LogP contribution in [0.4, 0.5) is 5.69 Å². The molecule has 0 aliphatic carbocycles. The summed E-state index contributed by atoms with van der Waals surface area (Å²) < 4.78 is 6.44. The lowest BCUT2D eigenvalue weighted by Gasteiger charge is -2.34. The van der Waals surface area contributed by atoms with Gasteiger partial charge in [0, 0.05) is 35.2 Å². The number of nitrogens with zero attached hydrogens (tertiary/aromatic N) is 1. The molecule has 34 heavy (non-hydrogen) atoms. The van der Waals surface area contributed by atoms with Gasteiger partial charge in [-0.25, -0.2) is 0 Å². The summed E-state index contributed by atoms with van der Waals surface area (Å²) in [5.74, 6) is -2.10. The first-order chi connectivity index (χ1) is 16.3. The average Bonchev–Trinajstić information content (AvgIpc) is 3.40. The number of hydrogen-bond donors (Lipinski definition) is 3. The van der Waals surface area contributed by atoms with E-state index in [0.29, 0.717) is 43.1 Å². The molecule has 3 fully saturated rings. The molecule has 1 aromatic rings. The van der Waals surface area contributed by atoms with Gasteiger partial charge in [-0.1, -0.05) is 34.5 Å². The molecule has 0 saturated carbocycles. The van der Waals surface area contributed by atoms with Crippen molar-refractivity contribution >= 4 is 50.9 Å². The summed E-state index contributed by atoms with van der Waals surface area (Å²) in [7, 11) is 0. The summed E-state index contributed by atoms with van der Waals surface area (Å²) in [6.45, 7) is 2.93. The molecule has 2 bridgehead atoms. The first-order valence-electron chi connectivity index (χ1n) is 11.9. The van der Waals surface area contributed by atoms with Crippen LogP contribution in [0.1, 0.15) is 39.0 Å². The quantitative estimate of drug-likeness (QED) is 0.303. The van der Waals surface area contributed by atoms with E-state index >= 15 is 0 Å². The smallest absolute Gasteiger partial charge is 0.250 e. The number of anilines is 1. The minimum atomic E-state index is -1.07. The van der Waals surface area contributed by atoms with E-state index in [-0.39, 0.29) is 29.2 Å². The number of halogens is 2. The SMILES string of the molecule is CCCNC(=O)[C@H]1[C@H]2C(=O)N(CCCCCO)C(C(=O)Nc3ccc(Cl)cc3)C23CC(Br)[C@@H]1O3. The molecule has 1 spiro atoms. The first kappa shape index (κ1) is 25.4. The number of benzene rings is 1. The Morgan fingerprint density at radius 2 is 1.97 bits per heavy atom. The van der Waals surface area contributed by atoms with Crippen molar-refractivity contribution in [3.05, 3.63) is 29.3 Å². The predicted octanol–water partition coefficient (Wildman–Crippen LogP) is 2.72. The highest BCUT2D eigenvalue weighted by atomic mass is 79.9. The highest BCUT2D eigenvalue weighted by Gasteiger charge is 2.76. The number of fused-ring (bicyclic) bond motifs is 1. The summed E-state index contributed by atoms with van der Waals surface area (Å²) in [6.07, 6.45) is 2.80. The lowest BCUT2D eigenvalue weighted by Crippen LogP contribution is -2.54. The van der Waals surface area contributed by atoms with Crippen molar-refractivity contribution in [2.24, 2.45) is 11.8 Å². The molecule has 3 N–H and O–H groups in total. The van der Waals surface area contributed by atoms with Gasteiger partial charge in [0.05, 0.1) is 17.9 Å². The van der Waals surface area contributed by atoms with Gasteiger partial charge in [-0.15, -0.1) is 0 Å². The molecule has 3 saturated heterocycles. The molecule has 10 heteroatoms. The van der Waals surface area contributed by atoms with Crippen molar-refractivity contribution in [2.45, 2.75) is 61.6 Å². The van der Waals surface area contributed by atoms with Crippen LogP contribution in [0.3, 0.4) is 0 Å². The Kier molecular flexibility index (Phi) is 7.86. The predicted molar refractivity (Wildman–Crippen MR) is 132 cm³/mol. The molecule has 3 heterocycles. The van der Waals surface area contributed by atoms with Crippen molar-refractivity contribution in [2.75, 3.05) is 25.0 Å². The lowest BCUT2D eigenvalue weighted by atomic mass is 9.70. The number of carbonyl (C=O) groups excluding carboxylic acids is 3. The van der Waals surface area contributed by atoms with Gasteiger partial charge >= 0.3 is 0 Å². The zero-order valence-electron chi connectivity index (χ0n) is 19.1. The van der Waals surface area contributed by atoms with Gasteiger partial charge in [0.2, 0.25) is 17.7 Å². The van der Waals surface area contributed by atoms with E-state index in [1.165, 1.54) is 0 Å². The Balaban J connectivity index is 1.65. The number of unbranched alkanes of at least 4 members (excludes halogenated alkanes) is 2. The van der Waals surface area contributed by atoms with Crippen molar-refractivity contribution in [3.63, 3.8) is 0 Å². The van der Waals surface area contributed by atoms with Gasteiger partial charge in [-0.2, -0.15) is 0 Å². The average molecular weight is 557 g/mol. The maximum absolute atomic E-state index is 13.7. The molecule has 0 radical (unpaired) electrons. The summed E-state index contributed by atoms with van der Waals surface area (Å²) in [5.41, 5.74) is -0.500. The van der Waals surface area contributed by atoms with Gasteiger partial charge < -0.3 is 25.4 Å². The first-order valence-corrected chi connectivity index (χ1v) is 13.2. The van der Waals surface area contributed by atoms with Crippen molar-refractivity contribution in [1.82, 2.24) is 10.2 Å². The second-order valence-electron chi connectivity index (χ2n) is 9.27. The van der Waals surface area contributed by atoms with E-state index < -0.39 is 29.6 Å². The summed E-state index contributed by atoms with van der Waals surface area (Å²) in [4.78, 5) is 42.0. The standard InChI is InChI=1S/C24H31BrClN3O5/c1-2-10-27-21(31)17-18-23(33)29(11-4-3-5-12-30)20(24(18)13-16(25)19(17)34-24)22(32)28-15-8-6-14(26)7-9-15/h6-9,16-20,30H,2-5,10-13H2,1H3,(H,27,31)(H,28,32)/t16?,17-,18-,19-,20?,24?/m0/s1. The van der Waals surface area contributed by atoms with E-state index in [9.17, 15) is 14.4 Å². The number of carbonyl (C=O) groups is 3. The van der Waals surface area contributed by atoms with Crippen molar-refractivity contribution in [3.8, 4) is 0 Å². The van der Waals surface area contributed by atoms with Gasteiger partial charge in [-0.3, -0.25) is 14.4 Å². The Hall–Kier alpha value is -1.68. The van der Waals surface area contributed by atoms with Gasteiger partial charge in [-0.05, 0) is 56.4 Å². The molecule has 4 rings (SSSR count). The van der Waals surface area contributed by atoms with E-state index in [2.05, 4.69) is 26.6 Å². The third kappa shape index (κ3) is 4.47. The third-order valence-corrected chi connectivity index (χ3v) is 8.16. The van der Waals surface area contributed by atoms with E-state index in [1.54, 1.807) is 29.2 Å². The van der Waals surface area contributed by atoms with Gasteiger partial charge in [0.15, 0.2) is 0 Å². The van der Waals surface area contributed by atoms with Crippen LogP contribution < -0.4 is 10.6 Å². The monoisotopic (exact) mass is 555 g/mol. The Morgan fingerprint density at radius 3 is 2.65 bits per heavy atom. The zero-order valence-corrected chi connectivity index (χ0v) is 21.5. The summed E-state index contributed by atoms with van der Waals surface area (Å²) in [5, 5.41) is 15.5. The highest BCUT2D eigenvalue weighted by molar-refractivity contribution is 9.09. The molecule has 3 aliphatic heterocycles. The van der Waals surface area contributed by atoms with Crippen LogP contribution in [0.5, 0.6) is 0 Å². The number of aliphatic hydroxyl groups is 1. The molecule has 1 aromatic carbocycles. The zero-order chi connectivity index (χ0) is 24.5. The number of alkyl halides is 1. The van der Waals surface area contributed by atoms with E-state index in [4.69, 9.17) is 21.4 Å². The molecule has 3 aliphatic rings. The fourth-order valence-electron chi connectivity index (χ4n) is 5.65. The van der Waals surface area contributed by atoms with Crippen LogP contribution in [-0.4, -0.2) is 70.0 Å². The fraction of sp³-hybridized carbons (Fsp3) is 0.625. The number of hydrogen-bond acceptors (Lipinski definition) is 5. The molecule has 3 unspecified atom stereocenters. The van der Waals surface area contributed by atoms with Crippen LogP contribution in [0.15, 0.2) is 24.3 Å². The molecular weight excluding hydrogens is 526 g/mol. The number of rotatable bonds is 10. The Labute approximate surface area is 212 Å².